The third-order valence-electron chi connectivity index (χ3n) is 3.12. The first-order chi connectivity index (χ1) is 9.08. The van der Waals surface area contributed by atoms with Gasteiger partial charge in [0, 0.05) is 26.0 Å². The van der Waals surface area contributed by atoms with Crippen molar-refractivity contribution in [3.8, 4) is 0 Å². The van der Waals surface area contributed by atoms with E-state index in [2.05, 4.69) is 4.98 Å². The van der Waals surface area contributed by atoms with Crippen molar-refractivity contribution in [1.29, 1.82) is 0 Å². The highest BCUT2D eigenvalue weighted by Gasteiger charge is 2.35. The molecule has 0 saturated carbocycles. The number of hydrogen-bond acceptors (Lipinski definition) is 4. The Morgan fingerprint density at radius 3 is 2.58 bits per heavy atom. The predicted molar refractivity (Wildman–Crippen MR) is 66.2 cm³/mol. The number of likely N-dealkylation sites (N-methyl/N-ethyl adjacent to an activating group) is 1. The molecule has 1 aromatic rings. The number of ether oxygens (including phenoxy) is 1. The lowest BCUT2D eigenvalue weighted by molar-refractivity contribution is -0.154. The third-order valence-corrected chi connectivity index (χ3v) is 3.12. The molecule has 0 bridgehead atoms. The number of pyridine rings is 1. The fraction of sp³-hybridized carbons (Fsp3) is 0.462. The van der Waals surface area contributed by atoms with Gasteiger partial charge in [0.25, 0.3) is 5.91 Å². The largest absolute Gasteiger partial charge is 0.479 e. The lowest BCUT2D eigenvalue weighted by atomic mass is 10.1. The van der Waals surface area contributed by atoms with E-state index in [4.69, 9.17) is 9.84 Å². The molecular formula is C13H16N2O4. The SMILES string of the molecule is CN(Cc1ccncc1)C(=O)[C@@H]1CC[C@H](C(=O)O)O1. The smallest absolute Gasteiger partial charge is 0.332 e. The number of carbonyl (C=O) groups excluding carboxylic acids is 1. The lowest BCUT2D eigenvalue weighted by Gasteiger charge is -2.21. The quantitative estimate of drug-likeness (QED) is 0.864. The van der Waals surface area contributed by atoms with E-state index >= 15 is 0 Å². The second-order valence-electron chi connectivity index (χ2n) is 4.58. The maximum Gasteiger partial charge on any atom is 0.332 e. The summed E-state index contributed by atoms with van der Waals surface area (Å²) < 4.78 is 5.24. The molecule has 1 fully saturated rings. The van der Waals surface area contributed by atoms with Crippen molar-refractivity contribution < 1.29 is 19.4 Å². The van der Waals surface area contributed by atoms with Crippen molar-refractivity contribution in [2.75, 3.05) is 7.05 Å². The molecule has 102 valence electrons. The van der Waals surface area contributed by atoms with Crippen LogP contribution in [0.4, 0.5) is 0 Å². The van der Waals surface area contributed by atoms with Crippen LogP contribution in [0.25, 0.3) is 0 Å². The van der Waals surface area contributed by atoms with E-state index in [0.717, 1.165) is 5.56 Å². The van der Waals surface area contributed by atoms with Crippen LogP contribution >= 0.6 is 0 Å². The second-order valence-corrected chi connectivity index (χ2v) is 4.58. The van der Waals surface area contributed by atoms with Crippen LogP contribution in [-0.4, -0.2) is 46.1 Å². The zero-order chi connectivity index (χ0) is 13.8. The standard InChI is InChI=1S/C13H16N2O4/c1-15(8-9-4-6-14-7-5-9)12(16)10-2-3-11(19-10)13(17)18/h4-7,10-11H,2-3,8H2,1H3,(H,17,18)/t10-,11+/m0/s1. The van der Waals surface area contributed by atoms with Gasteiger partial charge in [-0.3, -0.25) is 9.78 Å². The van der Waals surface area contributed by atoms with Gasteiger partial charge >= 0.3 is 5.97 Å². The Labute approximate surface area is 111 Å². The van der Waals surface area contributed by atoms with Gasteiger partial charge in [0.05, 0.1) is 0 Å². The number of rotatable bonds is 4. The summed E-state index contributed by atoms with van der Waals surface area (Å²) in [6.45, 7) is 0.457. The minimum Gasteiger partial charge on any atom is -0.479 e. The van der Waals surface area contributed by atoms with Gasteiger partial charge in [-0.15, -0.1) is 0 Å². The maximum atomic E-state index is 12.1. The molecule has 0 unspecified atom stereocenters. The Morgan fingerprint density at radius 1 is 1.37 bits per heavy atom. The highest BCUT2D eigenvalue weighted by molar-refractivity contribution is 5.82. The first kappa shape index (κ1) is 13.5. The molecule has 0 spiro atoms. The number of aliphatic carboxylic acids is 1. The number of carboxylic acid groups (broad SMARTS) is 1. The van der Waals surface area contributed by atoms with Crippen molar-refractivity contribution in [1.82, 2.24) is 9.88 Å². The summed E-state index contributed by atoms with van der Waals surface area (Å²) in [6, 6.07) is 3.67. The molecule has 6 nitrogen and oxygen atoms in total. The zero-order valence-corrected chi connectivity index (χ0v) is 10.7. The van der Waals surface area contributed by atoms with Crippen molar-refractivity contribution in [3.05, 3.63) is 30.1 Å². The Hall–Kier alpha value is -1.95. The van der Waals surface area contributed by atoms with Crippen LogP contribution in [0.5, 0.6) is 0 Å². The lowest BCUT2D eigenvalue weighted by Crippen LogP contribution is -2.36. The van der Waals surface area contributed by atoms with Crippen molar-refractivity contribution >= 4 is 11.9 Å². The summed E-state index contributed by atoms with van der Waals surface area (Å²) in [5.74, 6) is -1.19. The first-order valence-electron chi connectivity index (χ1n) is 6.10. The first-order valence-corrected chi connectivity index (χ1v) is 6.10. The van der Waals surface area contributed by atoms with Gasteiger partial charge in [-0.1, -0.05) is 0 Å². The molecule has 19 heavy (non-hydrogen) atoms. The normalized spacial score (nSPS) is 22.2. The number of amides is 1. The Balaban J connectivity index is 1.91. The molecule has 2 heterocycles. The minimum absolute atomic E-state index is 0.180. The van der Waals surface area contributed by atoms with Gasteiger partial charge in [-0.2, -0.15) is 0 Å². The van der Waals surface area contributed by atoms with Gasteiger partial charge in [0.15, 0.2) is 6.10 Å². The molecule has 0 radical (unpaired) electrons. The number of hydrogen-bond donors (Lipinski definition) is 1. The van der Waals surface area contributed by atoms with Crippen LogP contribution < -0.4 is 0 Å². The van der Waals surface area contributed by atoms with Crippen LogP contribution in [0.15, 0.2) is 24.5 Å². The van der Waals surface area contributed by atoms with Crippen LogP contribution in [-0.2, 0) is 20.9 Å². The van der Waals surface area contributed by atoms with Crippen LogP contribution in [0.1, 0.15) is 18.4 Å². The van der Waals surface area contributed by atoms with E-state index in [9.17, 15) is 9.59 Å². The monoisotopic (exact) mass is 264 g/mol. The maximum absolute atomic E-state index is 12.1. The van der Waals surface area contributed by atoms with Crippen LogP contribution in [0.3, 0.4) is 0 Å². The molecule has 1 amide bonds. The van der Waals surface area contributed by atoms with E-state index in [1.165, 1.54) is 0 Å². The summed E-state index contributed by atoms with van der Waals surface area (Å²) in [7, 11) is 1.68. The highest BCUT2D eigenvalue weighted by Crippen LogP contribution is 2.21. The summed E-state index contributed by atoms with van der Waals surface area (Å²) in [6.07, 6.45) is 2.67. The Bertz CT molecular complexity index is 463. The molecule has 2 atom stereocenters. The van der Waals surface area contributed by atoms with E-state index in [-0.39, 0.29) is 5.91 Å². The zero-order valence-electron chi connectivity index (χ0n) is 10.7. The summed E-state index contributed by atoms with van der Waals surface area (Å²) >= 11 is 0. The summed E-state index contributed by atoms with van der Waals surface area (Å²) in [5.41, 5.74) is 0.971. The van der Waals surface area contributed by atoms with Gasteiger partial charge in [0.2, 0.25) is 0 Å². The molecule has 1 N–H and O–H groups in total. The molecule has 6 heteroatoms. The van der Waals surface area contributed by atoms with Gasteiger partial charge in [0.1, 0.15) is 6.10 Å². The molecule has 1 saturated heterocycles. The number of aromatic nitrogens is 1. The number of carboxylic acids is 1. The van der Waals surface area contributed by atoms with Crippen molar-refractivity contribution in [2.24, 2.45) is 0 Å². The van der Waals surface area contributed by atoms with Gasteiger partial charge in [-0.25, -0.2) is 4.79 Å². The fourth-order valence-corrected chi connectivity index (χ4v) is 2.09. The third kappa shape index (κ3) is 3.29. The molecule has 1 aliphatic rings. The van der Waals surface area contributed by atoms with E-state index in [1.54, 1.807) is 24.3 Å². The van der Waals surface area contributed by atoms with E-state index in [1.807, 2.05) is 12.1 Å². The fourth-order valence-electron chi connectivity index (χ4n) is 2.09. The summed E-state index contributed by atoms with van der Waals surface area (Å²) in [5, 5.41) is 8.83. The minimum atomic E-state index is -1.01. The Kier molecular flexibility index (Phi) is 4.11. The number of carbonyl (C=O) groups is 2. The molecular weight excluding hydrogens is 248 g/mol. The average molecular weight is 264 g/mol. The van der Waals surface area contributed by atoms with E-state index < -0.39 is 18.2 Å². The van der Waals surface area contributed by atoms with Gasteiger partial charge < -0.3 is 14.7 Å². The summed E-state index contributed by atoms with van der Waals surface area (Å²) in [4.78, 5) is 28.3. The molecule has 0 aliphatic carbocycles. The molecule has 2 rings (SSSR count). The molecule has 1 aromatic heterocycles. The molecule has 0 aromatic carbocycles. The molecule has 1 aliphatic heterocycles. The average Bonchev–Trinajstić information content (AvgIpc) is 2.88. The van der Waals surface area contributed by atoms with Crippen LogP contribution in [0.2, 0.25) is 0 Å². The van der Waals surface area contributed by atoms with Crippen LogP contribution in [0, 0.1) is 0 Å². The predicted octanol–water partition coefficient (Wildman–Crippen LogP) is 0.672. The number of nitrogens with zero attached hydrogens (tertiary/aromatic N) is 2. The van der Waals surface area contributed by atoms with Crippen molar-refractivity contribution in [3.63, 3.8) is 0 Å². The second kappa shape index (κ2) is 5.79. The van der Waals surface area contributed by atoms with E-state index in [0.29, 0.717) is 19.4 Å². The Morgan fingerprint density at radius 2 is 2.00 bits per heavy atom. The van der Waals surface area contributed by atoms with Gasteiger partial charge in [-0.05, 0) is 30.5 Å². The highest BCUT2D eigenvalue weighted by atomic mass is 16.5. The van der Waals surface area contributed by atoms with Crippen molar-refractivity contribution in [2.45, 2.75) is 31.6 Å². The topological polar surface area (TPSA) is 79.7 Å².